The lowest BCUT2D eigenvalue weighted by Gasteiger charge is -2.09. The molecule has 0 spiro atoms. The Morgan fingerprint density at radius 2 is 1.79 bits per heavy atom. The highest BCUT2D eigenvalue weighted by molar-refractivity contribution is 7.09. The van der Waals surface area contributed by atoms with E-state index in [4.69, 9.17) is 9.73 Å². The molecule has 0 saturated heterocycles. The summed E-state index contributed by atoms with van der Waals surface area (Å²) in [6, 6.07) is 17.8. The van der Waals surface area contributed by atoms with Crippen LogP contribution in [0.1, 0.15) is 4.88 Å². The van der Waals surface area contributed by atoms with Crippen LogP contribution in [0.15, 0.2) is 59.6 Å². The highest BCUT2D eigenvalue weighted by Gasteiger charge is 2.12. The Kier molecular flexibility index (Phi) is 5.13. The second-order valence-corrected chi connectivity index (χ2v) is 6.52. The quantitative estimate of drug-likeness (QED) is 0.769. The summed E-state index contributed by atoms with van der Waals surface area (Å²) in [4.78, 5) is 6.80. The summed E-state index contributed by atoms with van der Waals surface area (Å²) < 4.78 is 7.31. The number of rotatable bonds is 5. The van der Waals surface area contributed by atoms with Crippen LogP contribution in [-0.2, 0) is 6.54 Å². The Labute approximate surface area is 145 Å². The molecular weight excluding hydrogens is 320 g/mol. The standard InChI is InChI=1S/C19H20N2O2S/c1-14-18(15-8-10-17(23-2)11-9-15)21(12-13-22)19(24-14)20-16-6-4-3-5-7-16/h3-11,22H,12-13H2,1-2H3. The molecule has 3 rings (SSSR count). The predicted octanol–water partition coefficient (Wildman–Crippen LogP) is 3.76. The van der Waals surface area contributed by atoms with E-state index >= 15 is 0 Å². The number of benzene rings is 2. The van der Waals surface area contributed by atoms with E-state index in [-0.39, 0.29) is 6.61 Å². The summed E-state index contributed by atoms with van der Waals surface area (Å²) in [5, 5.41) is 9.50. The summed E-state index contributed by atoms with van der Waals surface area (Å²) >= 11 is 1.63. The van der Waals surface area contributed by atoms with E-state index in [1.807, 2.05) is 54.6 Å². The van der Waals surface area contributed by atoms with Crippen molar-refractivity contribution in [1.29, 1.82) is 0 Å². The fourth-order valence-corrected chi connectivity index (χ4v) is 3.68. The third kappa shape index (κ3) is 3.42. The second kappa shape index (κ2) is 7.47. The van der Waals surface area contributed by atoms with Gasteiger partial charge in [0.15, 0.2) is 4.80 Å². The van der Waals surface area contributed by atoms with Gasteiger partial charge in [0.05, 0.1) is 25.1 Å². The van der Waals surface area contributed by atoms with Gasteiger partial charge in [0.1, 0.15) is 5.75 Å². The minimum atomic E-state index is 0.0707. The lowest BCUT2D eigenvalue weighted by molar-refractivity contribution is 0.275. The third-order valence-electron chi connectivity index (χ3n) is 3.75. The van der Waals surface area contributed by atoms with E-state index < -0.39 is 0 Å². The van der Waals surface area contributed by atoms with Gasteiger partial charge in [0, 0.05) is 11.4 Å². The van der Waals surface area contributed by atoms with Crippen LogP contribution in [0.25, 0.3) is 11.3 Å². The largest absolute Gasteiger partial charge is 0.497 e. The van der Waals surface area contributed by atoms with E-state index in [2.05, 4.69) is 11.5 Å². The topological polar surface area (TPSA) is 46.8 Å². The van der Waals surface area contributed by atoms with Crippen molar-refractivity contribution in [1.82, 2.24) is 4.57 Å². The van der Waals surface area contributed by atoms with Crippen LogP contribution < -0.4 is 9.54 Å². The van der Waals surface area contributed by atoms with Gasteiger partial charge >= 0.3 is 0 Å². The monoisotopic (exact) mass is 340 g/mol. The maximum atomic E-state index is 9.50. The normalized spacial score (nSPS) is 11.7. The summed E-state index contributed by atoms with van der Waals surface area (Å²) in [5.41, 5.74) is 3.09. The molecule has 0 radical (unpaired) electrons. The molecule has 0 atom stereocenters. The summed E-state index contributed by atoms with van der Waals surface area (Å²) in [5.74, 6) is 0.828. The Morgan fingerprint density at radius 3 is 2.42 bits per heavy atom. The minimum absolute atomic E-state index is 0.0707. The van der Waals surface area contributed by atoms with E-state index in [1.165, 1.54) is 4.88 Å². The molecule has 0 aliphatic carbocycles. The van der Waals surface area contributed by atoms with Gasteiger partial charge in [0.25, 0.3) is 0 Å². The second-order valence-electron chi connectivity index (χ2n) is 5.34. The number of hydrogen-bond donors (Lipinski definition) is 1. The van der Waals surface area contributed by atoms with Gasteiger partial charge < -0.3 is 14.4 Å². The summed E-state index contributed by atoms with van der Waals surface area (Å²) in [6.45, 7) is 2.67. The molecule has 5 heteroatoms. The Hall–Kier alpha value is -2.37. The average Bonchev–Trinajstić information content (AvgIpc) is 2.91. The van der Waals surface area contributed by atoms with Crippen molar-refractivity contribution in [3.8, 4) is 17.0 Å². The number of hydrogen-bond acceptors (Lipinski definition) is 4. The first-order chi connectivity index (χ1) is 11.7. The van der Waals surface area contributed by atoms with Crippen LogP contribution >= 0.6 is 11.3 Å². The lowest BCUT2D eigenvalue weighted by atomic mass is 10.1. The SMILES string of the molecule is COc1ccc(-c2c(C)sc(=Nc3ccccc3)n2CCO)cc1. The van der Waals surface area contributed by atoms with Gasteiger partial charge in [-0.3, -0.25) is 0 Å². The molecule has 0 amide bonds. The Bertz CT molecular complexity index is 865. The van der Waals surface area contributed by atoms with Crippen molar-refractivity contribution in [2.75, 3.05) is 13.7 Å². The van der Waals surface area contributed by atoms with Gasteiger partial charge in [-0.2, -0.15) is 0 Å². The Balaban J connectivity index is 2.14. The van der Waals surface area contributed by atoms with Crippen molar-refractivity contribution in [2.24, 2.45) is 4.99 Å². The fourth-order valence-electron chi connectivity index (χ4n) is 2.64. The van der Waals surface area contributed by atoms with Crippen LogP contribution in [0.2, 0.25) is 0 Å². The number of aromatic nitrogens is 1. The number of aliphatic hydroxyl groups excluding tert-OH is 1. The van der Waals surface area contributed by atoms with Crippen molar-refractivity contribution in [3.63, 3.8) is 0 Å². The summed E-state index contributed by atoms with van der Waals surface area (Å²) in [6.07, 6.45) is 0. The molecule has 1 aromatic heterocycles. The number of ether oxygens (including phenoxy) is 1. The molecule has 3 aromatic rings. The first-order valence-corrected chi connectivity index (χ1v) is 8.60. The van der Waals surface area contributed by atoms with E-state index in [0.717, 1.165) is 27.5 Å². The van der Waals surface area contributed by atoms with Gasteiger partial charge in [-0.05, 0) is 48.9 Å². The van der Waals surface area contributed by atoms with E-state index in [1.54, 1.807) is 18.4 Å². The molecular formula is C19H20N2O2S. The van der Waals surface area contributed by atoms with Crippen molar-refractivity contribution in [2.45, 2.75) is 13.5 Å². The zero-order valence-electron chi connectivity index (χ0n) is 13.8. The molecule has 0 aliphatic rings. The van der Waals surface area contributed by atoms with Crippen LogP contribution in [0.3, 0.4) is 0 Å². The molecule has 1 N–H and O–H groups in total. The molecule has 0 saturated carbocycles. The number of aliphatic hydroxyl groups is 1. The first kappa shape index (κ1) is 16.5. The van der Waals surface area contributed by atoms with Crippen molar-refractivity contribution < 1.29 is 9.84 Å². The molecule has 0 bridgehead atoms. The van der Waals surface area contributed by atoms with Crippen LogP contribution in [0.4, 0.5) is 5.69 Å². The zero-order chi connectivity index (χ0) is 16.9. The molecule has 4 nitrogen and oxygen atoms in total. The molecule has 0 aliphatic heterocycles. The maximum absolute atomic E-state index is 9.50. The van der Waals surface area contributed by atoms with Gasteiger partial charge in [-0.15, -0.1) is 11.3 Å². The van der Waals surface area contributed by atoms with Crippen molar-refractivity contribution in [3.05, 3.63) is 64.3 Å². The predicted molar refractivity (Wildman–Crippen MR) is 97.8 cm³/mol. The third-order valence-corrected chi connectivity index (χ3v) is 4.74. The zero-order valence-corrected chi connectivity index (χ0v) is 14.6. The maximum Gasteiger partial charge on any atom is 0.190 e. The number of aryl methyl sites for hydroxylation is 1. The van der Waals surface area contributed by atoms with Gasteiger partial charge in [-0.25, -0.2) is 4.99 Å². The summed E-state index contributed by atoms with van der Waals surface area (Å²) in [7, 11) is 1.66. The fraction of sp³-hybridized carbons (Fsp3) is 0.211. The molecule has 124 valence electrons. The molecule has 2 aromatic carbocycles. The minimum Gasteiger partial charge on any atom is -0.497 e. The average molecular weight is 340 g/mol. The smallest absolute Gasteiger partial charge is 0.190 e. The molecule has 1 heterocycles. The number of thiazole rings is 1. The van der Waals surface area contributed by atoms with Crippen LogP contribution in [0.5, 0.6) is 5.75 Å². The van der Waals surface area contributed by atoms with E-state index in [0.29, 0.717) is 6.54 Å². The highest BCUT2D eigenvalue weighted by atomic mass is 32.1. The molecule has 24 heavy (non-hydrogen) atoms. The highest BCUT2D eigenvalue weighted by Crippen LogP contribution is 2.27. The first-order valence-electron chi connectivity index (χ1n) is 7.78. The molecule has 0 unspecified atom stereocenters. The Morgan fingerprint density at radius 1 is 1.08 bits per heavy atom. The van der Waals surface area contributed by atoms with E-state index in [9.17, 15) is 5.11 Å². The van der Waals surface area contributed by atoms with Gasteiger partial charge in [0.2, 0.25) is 0 Å². The van der Waals surface area contributed by atoms with Crippen LogP contribution in [-0.4, -0.2) is 23.4 Å². The lowest BCUT2D eigenvalue weighted by Crippen LogP contribution is -2.17. The number of para-hydroxylation sites is 1. The molecule has 0 fully saturated rings. The van der Waals surface area contributed by atoms with Gasteiger partial charge in [-0.1, -0.05) is 18.2 Å². The van der Waals surface area contributed by atoms with Crippen molar-refractivity contribution >= 4 is 17.0 Å². The number of methoxy groups -OCH3 is 1. The number of nitrogens with zero attached hydrogens (tertiary/aromatic N) is 2. The van der Waals surface area contributed by atoms with Crippen LogP contribution in [0, 0.1) is 6.92 Å².